The van der Waals surface area contributed by atoms with E-state index in [2.05, 4.69) is 38.5 Å². The quantitative estimate of drug-likeness (QED) is 0.456. The second-order valence-electron chi connectivity index (χ2n) is 4.88. The molecule has 0 aromatic heterocycles. The van der Waals surface area contributed by atoms with Crippen molar-refractivity contribution < 1.29 is 9.53 Å². The average molecular weight is 478 g/mol. The van der Waals surface area contributed by atoms with Crippen LogP contribution in [0, 0.1) is 3.57 Å². The number of carbonyl (C=O) groups excluding carboxylic acids is 1. The van der Waals surface area contributed by atoms with Gasteiger partial charge in [0.25, 0.3) is 0 Å². The van der Waals surface area contributed by atoms with Gasteiger partial charge in [-0.25, -0.2) is 0 Å². The molecule has 1 heterocycles. The number of rotatable bonds is 3. The zero-order valence-electron chi connectivity index (χ0n) is 11.0. The summed E-state index contributed by atoms with van der Waals surface area (Å²) in [7, 11) is 0. The fraction of sp³-hybridized carbons (Fsp3) is 0.188. The van der Waals surface area contributed by atoms with Crippen LogP contribution in [-0.4, -0.2) is 12.4 Å². The third-order valence-electron chi connectivity index (χ3n) is 3.41. The third kappa shape index (κ3) is 3.27. The summed E-state index contributed by atoms with van der Waals surface area (Å²) in [5, 5.41) is 0.658. The first-order chi connectivity index (χ1) is 10.0. The molecule has 0 bridgehead atoms. The smallest absolute Gasteiger partial charge is 0.168 e. The Morgan fingerprint density at radius 2 is 2.14 bits per heavy atom. The number of halogens is 3. The molecule has 1 aliphatic rings. The lowest BCUT2D eigenvalue weighted by Crippen LogP contribution is -2.07. The summed E-state index contributed by atoms with van der Waals surface area (Å²) in [6.07, 6.45) is 1.15. The van der Waals surface area contributed by atoms with Crippen LogP contribution < -0.4 is 4.74 Å². The molecule has 0 atom stereocenters. The highest BCUT2D eigenvalue weighted by atomic mass is 127. The molecule has 0 amide bonds. The number of benzene rings is 2. The van der Waals surface area contributed by atoms with Crippen molar-refractivity contribution in [3.8, 4) is 5.75 Å². The van der Waals surface area contributed by atoms with E-state index in [-0.39, 0.29) is 5.78 Å². The number of fused-ring (bicyclic) bond motifs is 1. The molecule has 0 fully saturated rings. The fourth-order valence-corrected chi connectivity index (χ4v) is 3.72. The Bertz CT molecular complexity index is 730. The Morgan fingerprint density at radius 3 is 2.95 bits per heavy atom. The van der Waals surface area contributed by atoms with Gasteiger partial charge in [-0.05, 0) is 58.5 Å². The van der Waals surface area contributed by atoms with Gasteiger partial charge in [-0.2, -0.15) is 0 Å². The van der Waals surface area contributed by atoms with Crippen molar-refractivity contribution in [2.24, 2.45) is 0 Å². The number of hydrogen-bond acceptors (Lipinski definition) is 2. The van der Waals surface area contributed by atoms with E-state index in [9.17, 15) is 4.79 Å². The maximum atomic E-state index is 12.6. The van der Waals surface area contributed by atoms with E-state index >= 15 is 0 Å². The van der Waals surface area contributed by atoms with Gasteiger partial charge in [-0.3, -0.25) is 4.79 Å². The van der Waals surface area contributed by atoms with E-state index in [1.54, 1.807) is 0 Å². The Hall–Kier alpha value is -0.590. The molecule has 108 valence electrons. The van der Waals surface area contributed by atoms with Crippen molar-refractivity contribution in [1.82, 2.24) is 0 Å². The van der Waals surface area contributed by atoms with E-state index in [1.807, 2.05) is 30.3 Å². The van der Waals surface area contributed by atoms with Crippen molar-refractivity contribution in [3.63, 3.8) is 0 Å². The van der Waals surface area contributed by atoms with E-state index in [0.717, 1.165) is 36.9 Å². The average Bonchev–Trinajstić information content (AvgIpc) is 2.89. The number of ether oxygens (including phenoxy) is 1. The summed E-state index contributed by atoms with van der Waals surface area (Å²) in [6.45, 7) is 0.658. The molecule has 0 spiro atoms. The van der Waals surface area contributed by atoms with E-state index < -0.39 is 0 Å². The van der Waals surface area contributed by atoms with Crippen molar-refractivity contribution in [2.75, 3.05) is 6.61 Å². The highest BCUT2D eigenvalue weighted by molar-refractivity contribution is 14.1. The predicted octanol–water partition coefficient (Wildman–Crippen LogP) is 5.07. The Balaban J connectivity index is 1.94. The van der Waals surface area contributed by atoms with Crippen LogP contribution in [0.3, 0.4) is 0 Å². The molecule has 2 aromatic rings. The molecule has 5 heteroatoms. The SMILES string of the molecule is O=C(Cc1cc(Cl)cc2c1OCC2)c1cc(Br)ccc1I. The van der Waals surface area contributed by atoms with Crippen molar-refractivity contribution in [2.45, 2.75) is 12.8 Å². The van der Waals surface area contributed by atoms with Crippen LogP contribution in [0.1, 0.15) is 21.5 Å². The molecule has 0 radical (unpaired) electrons. The molecule has 3 rings (SSSR count). The van der Waals surface area contributed by atoms with Gasteiger partial charge in [0.2, 0.25) is 0 Å². The zero-order chi connectivity index (χ0) is 15.0. The maximum Gasteiger partial charge on any atom is 0.168 e. The van der Waals surface area contributed by atoms with Crippen LogP contribution in [0.25, 0.3) is 0 Å². The molecular formula is C16H11BrClIO2. The molecule has 1 aliphatic heterocycles. The van der Waals surface area contributed by atoms with Gasteiger partial charge >= 0.3 is 0 Å². The molecule has 2 nitrogen and oxygen atoms in total. The van der Waals surface area contributed by atoms with Crippen molar-refractivity contribution >= 4 is 55.9 Å². The molecule has 0 unspecified atom stereocenters. The Morgan fingerprint density at radius 1 is 1.33 bits per heavy atom. The monoisotopic (exact) mass is 476 g/mol. The molecule has 0 saturated carbocycles. The lowest BCUT2D eigenvalue weighted by Gasteiger charge is -2.09. The van der Waals surface area contributed by atoms with Crippen LogP contribution in [0.2, 0.25) is 5.02 Å². The summed E-state index contributed by atoms with van der Waals surface area (Å²) in [5.41, 5.74) is 2.68. The Kier molecular flexibility index (Phi) is 4.57. The Labute approximate surface area is 150 Å². The number of carbonyl (C=O) groups is 1. The predicted molar refractivity (Wildman–Crippen MR) is 95.5 cm³/mol. The lowest BCUT2D eigenvalue weighted by atomic mass is 10.00. The van der Waals surface area contributed by atoms with Gasteiger partial charge < -0.3 is 4.74 Å². The van der Waals surface area contributed by atoms with Gasteiger partial charge in [0.1, 0.15) is 5.75 Å². The summed E-state index contributed by atoms with van der Waals surface area (Å²) in [6, 6.07) is 9.46. The fourth-order valence-electron chi connectivity index (χ4n) is 2.46. The van der Waals surface area contributed by atoms with Gasteiger partial charge in [0.15, 0.2) is 5.78 Å². The lowest BCUT2D eigenvalue weighted by molar-refractivity contribution is 0.0991. The molecule has 2 aromatic carbocycles. The normalized spacial score (nSPS) is 12.9. The molecular weight excluding hydrogens is 466 g/mol. The first-order valence-corrected chi connectivity index (χ1v) is 8.72. The highest BCUT2D eigenvalue weighted by Gasteiger charge is 2.20. The van der Waals surface area contributed by atoms with E-state index in [4.69, 9.17) is 16.3 Å². The van der Waals surface area contributed by atoms with Gasteiger partial charge in [0, 0.05) is 37.0 Å². The van der Waals surface area contributed by atoms with Gasteiger partial charge in [0.05, 0.1) is 6.61 Å². The first-order valence-electron chi connectivity index (χ1n) is 6.47. The van der Waals surface area contributed by atoms with Crippen LogP contribution in [0.5, 0.6) is 5.75 Å². The van der Waals surface area contributed by atoms with E-state index in [0.29, 0.717) is 18.1 Å². The molecule has 0 aliphatic carbocycles. The summed E-state index contributed by atoms with van der Waals surface area (Å²) < 4.78 is 7.50. The topological polar surface area (TPSA) is 26.3 Å². The van der Waals surface area contributed by atoms with Gasteiger partial charge in [-0.15, -0.1) is 0 Å². The van der Waals surface area contributed by atoms with Crippen molar-refractivity contribution in [1.29, 1.82) is 0 Å². The van der Waals surface area contributed by atoms with E-state index in [1.165, 1.54) is 0 Å². The summed E-state index contributed by atoms with van der Waals surface area (Å²) in [4.78, 5) is 12.6. The summed E-state index contributed by atoms with van der Waals surface area (Å²) in [5.74, 6) is 0.901. The van der Waals surface area contributed by atoms with Gasteiger partial charge in [-0.1, -0.05) is 27.5 Å². The van der Waals surface area contributed by atoms with Crippen molar-refractivity contribution in [3.05, 3.63) is 60.1 Å². The number of hydrogen-bond donors (Lipinski definition) is 0. The third-order valence-corrected chi connectivity index (χ3v) is 5.06. The highest BCUT2D eigenvalue weighted by Crippen LogP contribution is 2.34. The largest absolute Gasteiger partial charge is 0.493 e. The summed E-state index contributed by atoms with van der Waals surface area (Å²) >= 11 is 11.7. The minimum atomic E-state index is 0.0701. The minimum Gasteiger partial charge on any atom is -0.493 e. The van der Waals surface area contributed by atoms with Crippen LogP contribution >= 0.6 is 50.1 Å². The number of ketones is 1. The van der Waals surface area contributed by atoms with Crippen LogP contribution in [0.4, 0.5) is 0 Å². The maximum absolute atomic E-state index is 12.6. The first kappa shape index (κ1) is 15.3. The molecule has 0 N–H and O–H groups in total. The second kappa shape index (κ2) is 6.26. The number of Topliss-reactive ketones (excluding diaryl/α,β-unsaturated/α-hetero) is 1. The molecule has 0 saturated heterocycles. The molecule has 21 heavy (non-hydrogen) atoms. The van der Waals surface area contributed by atoms with Crippen LogP contribution in [0.15, 0.2) is 34.8 Å². The van der Waals surface area contributed by atoms with Crippen LogP contribution in [-0.2, 0) is 12.8 Å². The zero-order valence-corrected chi connectivity index (χ0v) is 15.5. The second-order valence-corrected chi connectivity index (χ2v) is 7.39. The minimum absolute atomic E-state index is 0.0701. The standard InChI is InChI=1S/C16H11BrClIO2/c17-11-1-2-14(19)13(8-11)15(20)7-10-6-12(18)5-9-3-4-21-16(9)10/h1-2,5-6,8H,3-4,7H2.